The molecule has 0 saturated heterocycles. The number of pyridine rings is 1. The lowest BCUT2D eigenvalue weighted by Crippen LogP contribution is -2.25. The van der Waals surface area contributed by atoms with E-state index in [1.54, 1.807) is 37.7 Å². The van der Waals surface area contributed by atoms with Crippen molar-refractivity contribution in [3.8, 4) is 0 Å². The number of nitrogens with one attached hydrogen (secondary N) is 2. The van der Waals surface area contributed by atoms with E-state index in [9.17, 15) is 18.0 Å². The van der Waals surface area contributed by atoms with Gasteiger partial charge in [-0.1, -0.05) is 12.1 Å². The Labute approximate surface area is 156 Å². The van der Waals surface area contributed by atoms with Crippen LogP contribution in [0, 0.1) is 13.8 Å². The standard InChI is InChI=1S/C18H20N4O4S/c1-10-13(11(2)20-16-15(10)18(24)21-22(16)3)9-19-17(23)12-7-5-6-8-14(12)27(4,25)26/h5-8H,9H2,1-4H3,(H,19,23)(H,21,24). The molecule has 0 aliphatic rings. The van der Waals surface area contributed by atoms with Crippen molar-refractivity contribution in [2.75, 3.05) is 6.26 Å². The van der Waals surface area contributed by atoms with Crippen LogP contribution in [0.1, 0.15) is 27.2 Å². The second kappa shape index (κ2) is 6.66. The van der Waals surface area contributed by atoms with Crippen LogP contribution in [-0.2, 0) is 23.4 Å². The van der Waals surface area contributed by atoms with Crippen LogP contribution in [0.5, 0.6) is 0 Å². The maximum absolute atomic E-state index is 12.6. The van der Waals surface area contributed by atoms with Crippen LogP contribution in [0.25, 0.3) is 11.0 Å². The molecule has 0 spiro atoms. The molecule has 0 fully saturated rings. The van der Waals surface area contributed by atoms with Gasteiger partial charge in [0, 0.05) is 25.5 Å². The second-order valence-electron chi connectivity index (χ2n) is 6.45. The lowest BCUT2D eigenvalue weighted by molar-refractivity contribution is 0.0947. The van der Waals surface area contributed by atoms with Crippen LogP contribution >= 0.6 is 0 Å². The van der Waals surface area contributed by atoms with Gasteiger partial charge in [-0.2, -0.15) is 0 Å². The Morgan fingerprint density at radius 3 is 2.59 bits per heavy atom. The summed E-state index contributed by atoms with van der Waals surface area (Å²) < 4.78 is 25.4. The third-order valence-electron chi connectivity index (χ3n) is 4.53. The predicted molar refractivity (Wildman–Crippen MR) is 102 cm³/mol. The van der Waals surface area contributed by atoms with E-state index in [0.717, 1.165) is 17.4 Å². The molecule has 1 aromatic carbocycles. The lowest BCUT2D eigenvalue weighted by Gasteiger charge is -2.13. The van der Waals surface area contributed by atoms with Gasteiger partial charge in [0.15, 0.2) is 15.5 Å². The minimum Gasteiger partial charge on any atom is -0.348 e. The average Bonchev–Trinajstić information content (AvgIpc) is 2.87. The maximum Gasteiger partial charge on any atom is 0.273 e. The first-order valence-electron chi connectivity index (χ1n) is 8.23. The molecule has 3 aromatic rings. The molecule has 142 valence electrons. The Kier molecular flexibility index (Phi) is 4.64. The van der Waals surface area contributed by atoms with E-state index in [4.69, 9.17) is 0 Å². The number of hydrogen-bond donors (Lipinski definition) is 2. The van der Waals surface area contributed by atoms with Gasteiger partial charge in [0.2, 0.25) is 0 Å². The van der Waals surface area contributed by atoms with Crippen molar-refractivity contribution in [1.82, 2.24) is 20.1 Å². The predicted octanol–water partition coefficient (Wildman–Crippen LogP) is 1.21. The molecular formula is C18H20N4O4S. The second-order valence-corrected chi connectivity index (χ2v) is 8.43. The summed E-state index contributed by atoms with van der Waals surface area (Å²) in [5.41, 5.74) is 2.54. The molecule has 2 N–H and O–H groups in total. The zero-order valence-corrected chi connectivity index (χ0v) is 16.3. The molecule has 27 heavy (non-hydrogen) atoms. The van der Waals surface area contributed by atoms with E-state index in [1.807, 2.05) is 0 Å². The first kappa shape index (κ1) is 18.8. The van der Waals surface area contributed by atoms with Crippen molar-refractivity contribution in [3.05, 3.63) is 57.0 Å². The van der Waals surface area contributed by atoms with E-state index < -0.39 is 15.7 Å². The number of benzene rings is 1. The number of hydrogen-bond acceptors (Lipinski definition) is 5. The number of carbonyl (C=O) groups is 1. The van der Waals surface area contributed by atoms with Crippen molar-refractivity contribution >= 4 is 26.8 Å². The monoisotopic (exact) mass is 388 g/mol. The topological polar surface area (TPSA) is 114 Å². The SMILES string of the molecule is Cc1nc2c(c(C)c1CNC(=O)c1ccccc1S(C)(=O)=O)c(=O)[nH]n2C. The highest BCUT2D eigenvalue weighted by atomic mass is 32.2. The molecule has 1 amide bonds. The summed E-state index contributed by atoms with van der Waals surface area (Å²) in [5, 5.41) is 5.88. The fourth-order valence-corrected chi connectivity index (χ4v) is 4.04. The minimum atomic E-state index is -3.53. The summed E-state index contributed by atoms with van der Waals surface area (Å²) in [4.78, 5) is 29.1. The van der Waals surface area contributed by atoms with Crippen LogP contribution in [0.15, 0.2) is 34.0 Å². The Hall–Kier alpha value is -2.94. The Morgan fingerprint density at radius 1 is 1.26 bits per heavy atom. The lowest BCUT2D eigenvalue weighted by atomic mass is 10.0. The average molecular weight is 388 g/mol. The fraction of sp³-hybridized carbons (Fsp3) is 0.278. The van der Waals surface area contributed by atoms with E-state index in [2.05, 4.69) is 15.4 Å². The van der Waals surface area contributed by atoms with Gasteiger partial charge in [0.05, 0.1) is 15.8 Å². The molecule has 2 aromatic heterocycles. The number of amides is 1. The van der Waals surface area contributed by atoms with E-state index in [1.165, 1.54) is 12.1 Å². The van der Waals surface area contributed by atoms with Crippen molar-refractivity contribution in [3.63, 3.8) is 0 Å². The van der Waals surface area contributed by atoms with E-state index in [0.29, 0.717) is 16.7 Å². The molecule has 0 aliphatic carbocycles. The molecule has 8 nitrogen and oxygen atoms in total. The third kappa shape index (κ3) is 3.37. The molecule has 0 unspecified atom stereocenters. The minimum absolute atomic E-state index is 0.0241. The van der Waals surface area contributed by atoms with E-state index >= 15 is 0 Å². The number of aromatic amines is 1. The van der Waals surface area contributed by atoms with Gasteiger partial charge in [-0.05, 0) is 37.1 Å². The summed E-state index contributed by atoms with van der Waals surface area (Å²) in [6, 6.07) is 6.05. The van der Waals surface area contributed by atoms with Crippen LogP contribution in [0.3, 0.4) is 0 Å². The summed E-state index contributed by atoms with van der Waals surface area (Å²) in [6.45, 7) is 3.74. The number of H-pyrrole nitrogens is 1. The van der Waals surface area contributed by atoms with E-state index in [-0.39, 0.29) is 22.6 Å². The maximum atomic E-state index is 12.6. The molecule has 2 heterocycles. The summed E-state index contributed by atoms with van der Waals surface area (Å²) >= 11 is 0. The molecule has 0 saturated carbocycles. The van der Waals surface area contributed by atoms with Crippen LogP contribution in [0.4, 0.5) is 0 Å². The number of nitrogens with zero attached hydrogens (tertiary/aromatic N) is 2. The summed E-state index contributed by atoms with van der Waals surface area (Å²) in [5.74, 6) is -0.503. The highest BCUT2D eigenvalue weighted by Crippen LogP contribution is 2.20. The first-order valence-corrected chi connectivity index (χ1v) is 10.1. The molecule has 0 aliphatic heterocycles. The fourth-order valence-electron chi connectivity index (χ4n) is 3.15. The Balaban J connectivity index is 1.96. The number of aryl methyl sites for hydroxylation is 3. The van der Waals surface area contributed by atoms with Gasteiger partial charge in [0.1, 0.15) is 0 Å². The van der Waals surface area contributed by atoms with Gasteiger partial charge in [-0.15, -0.1) is 0 Å². The van der Waals surface area contributed by atoms with Crippen molar-refractivity contribution in [2.45, 2.75) is 25.3 Å². The molecule has 9 heteroatoms. The highest BCUT2D eigenvalue weighted by Gasteiger charge is 2.19. The van der Waals surface area contributed by atoms with Gasteiger partial charge in [-0.3, -0.25) is 19.4 Å². The highest BCUT2D eigenvalue weighted by molar-refractivity contribution is 7.90. The van der Waals surface area contributed by atoms with Crippen LogP contribution < -0.4 is 10.9 Å². The van der Waals surface area contributed by atoms with Crippen molar-refractivity contribution < 1.29 is 13.2 Å². The number of sulfone groups is 1. The summed E-state index contributed by atoms with van der Waals surface area (Å²) in [7, 11) is -1.82. The third-order valence-corrected chi connectivity index (χ3v) is 5.69. The van der Waals surface area contributed by atoms with Gasteiger partial charge in [0.25, 0.3) is 11.5 Å². The normalized spacial score (nSPS) is 11.7. The van der Waals surface area contributed by atoms with Gasteiger partial charge >= 0.3 is 0 Å². The van der Waals surface area contributed by atoms with Crippen LogP contribution in [0.2, 0.25) is 0 Å². The number of aromatic nitrogens is 3. The van der Waals surface area contributed by atoms with Crippen molar-refractivity contribution in [1.29, 1.82) is 0 Å². The Morgan fingerprint density at radius 2 is 1.93 bits per heavy atom. The largest absolute Gasteiger partial charge is 0.348 e. The first-order chi connectivity index (χ1) is 12.6. The molecule has 0 bridgehead atoms. The Bertz CT molecular complexity index is 1220. The smallest absolute Gasteiger partial charge is 0.273 e. The number of rotatable bonds is 4. The summed E-state index contributed by atoms with van der Waals surface area (Å²) in [6.07, 6.45) is 1.06. The molecular weight excluding hydrogens is 368 g/mol. The molecule has 0 radical (unpaired) electrons. The van der Waals surface area contributed by atoms with Crippen molar-refractivity contribution in [2.24, 2.45) is 7.05 Å². The van der Waals surface area contributed by atoms with Crippen LogP contribution in [-0.4, -0.2) is 35.3 Å². The molecule has 0 atom stereocenters. The molecule has 3 rings (SSSR count). The zero-order valence-electron chi connectivity index (χ0n) is 15.5. The quantitative estimate of drug-likeness (QED) is 0.697. The number of carbonyl (C=O) groups excluding carboxylic acids is 1. The van der Waals surface area contributed by atoms with Gasteiger partial charge < -0.3 is 5.32 Å². The number of fused-ring (bicyclic) bond motifs is 1. The zero-order chi connectivity index (χ0) is 19.9. The van der Waals surface area contributed by atoms with Gasteiger partial charge in [-0.25, -0.2) is 13.4 Å².